The molecule has 2 amide bonds. The number of nitrogens with zero attached hydrogens (tertiary/aromatic N) is 2. The number of anilines is 1. The maximum absolute atomic E-state index is 12.8. The van der Waals surface area contributed by atoms with Crippen LogP contribution in [0.15, 0.2) is 23.6 Å². The minimum atomic E-state index is -0.995. The van der Waals surface area contributed by atoms with Crippen molar-refractivity contribution in [3.63, 3.8) is 0 Å². The molecule has 2 aromatic rings. The number of carbonyl (C=O) groups excluding carboxylic acids is 2. The predicted octanol–water partition coefficient (Wildman–Crippen LogP) is 3.32. The van der Waals surface area contributed by atoms with E-state index in [1.54, 1.807) is 17.5 Å². The second-order valence-corrected chi connectivity index (χ2v) is 7.73. The van der Waals surface area contributed by atoms with Gasteiger partial charge in [-0.15, -0.1) is 11.3 Å². The van der Waals surface area contributed by atoms with Crippen molar-refractivity contribution < 1.29 is 19.5 Å². The highest BCUT2D eigenvalue weighted by molar-refractivity contribution is 7.13. The molecule has 27 heavy (non-hydrogen) atoms. The van der Waals surface area contributed by atoms with Gasteiger partial charge in [0.1, 0.15) is 6.54 Å². The van der Waals surface area contributed by atoms with Crippen molar-refractivity contribution in [3.05, 3.63) is 44.9 Å². The monoisotopic (exact) mass is 427 g/mol. The van der Waals surface area contributed by atoms with E-state index in [2.05, 4.69) is 10.3 Å². The van der Waals surface area contributed by atoms with Gasteiger partial charge in [0.15, 0.2) is 5.13 Å². The van der Waals surface area contributed by atoms with Gasteiger partial charge in [0.2, 0.25) is 5.91 Å². The fraction of sp³-hybridized carbons (Fsp3) is 0.294. The summed E-state index contributed by atoms with van der Waals surface area (Å²) in [5.41, 5.74) is 0.732. The van der Waals surface area contributed by atoms with Crippen LogP contribution in [0.3, 0.4) is 0 Å². The number of halogens is 2. The van der Waals surface area contributed by atoms with Gasteiger partial charge in [0.05, 0.1) is 22.2 Å². The number of thiazole rings is 1. The zero-order chi connectivity index (χ0) is 19.6. The number of aromatic nitrogens is 1. The molecule has 10 heteroatoms. The average Bonchev–Trinajstić information content (AvgIpc) is 3.36. The average molecular weight is 428 g/mol. The first-order valence-corrected chi connectivity index (χ1v) is 9.69. The molecule has 0 atom stereocenters. The lowest BCUT2D eigenvalue weighted by atomic mass is 10.2. The van der Waals surface area contributed by atoms with E-state index in [0.29, 0.717) is 21.4 Å². The molecule has 3 rings (SSSR count). The van der Waals surface area contributed by atoms with Gasteiger partial charge in [-0.1, -0.05) is 23.2 Å². The maximum atomic E-state index is 12.8. The number of hydrogen-bond acceptors (Lipinski definition) is 5. The molecule has 2 N–H and O–H groups in total. The fourth-order valence-electron chi connectivity index (χ4n) is 2.46. The van der Waals surface area contributed by atoms with E-state index in [4.69, 9.17) is 28.3 Å². The van der Waals surface area contributed by atoms with Crippen molar-refractivity contribution in [2.24, 2.45) is 0 Å². The Morgan fingerprint density at radius 3 is 2.63 bits per heavy atom. The third kappa shape index (κ3) is 5.18. The molecule has 0 radical (unpaired) electrons. The van der Waals surface area contributed by atoms with Crippen molar-refractivity contribution in [2.75, 3.05) is 11.9 Å². The summed E-state index contributed by atoms with van der Waals surface area (Å²) in [6.45, 7) is -0.127. The number of aliphatic carboxylic acids is 1. The van der Waals surface area contributed by atoms with E-state index in [0.717, 1.165) is 24.2 Å². The van der Waals surface area contributed by atoms with Crippen LogP contribution in [0, 0.1) is 0 Å². The Morgan fingerprint density at radius 1 is 1.26 bits per heavy atom. The lowest BCUT2D eigenvalue weighted by molar-refractivity contribution is -0.136. The number of benzene rings is 1. The van der Waals surface area contributed by atoms with Crippen LogP contribution in [0.2, 0.25) is 10.0 Å². The lowest BCUT2D eigenvalue weighted by Crippen LogP contribution is -2.39. The molecule has 142 valence electrons. The summed E-state index contributed by atoms with van der Waals surface area (Å²) < 4.78 is 0. The van der Waals surface area contributed by atoms with E-state index in [9.17, 15) is 14.4 Å². The Morgan fingerprint density at radius 2 is 2.00 bits per heavy atom. The van der Waals surface area contributed by atoms with Gasteiger partial charge in [-0.25, -0.2) is 4.98 Å². The molecule has 1 heterocycles. The van der Waals surface area contributed by atoms with Crippen molar-refractivity contribution in [1.29, 1.82) is 0 Å². The molecule has 0 unspecified atom stereocenters. The highest BCUT2D eigenvalue weighted by Gasteiger charge is 2.34. The molecule has 1 aromatic carbocycles. The summed E-state index contributed by atoms with van der Waals surface area (Å²) in [6, 6.07) is 4.61. The minimum Gasteiger partial charge on any atom is -0.481 e. The summed E-state index contributed by atoms with van der Waals surface area (Å²) in [4.78, 5) is 41.4. The lowest BCUT2D eigenvalue weighted by Gasteiger charge is -2.22. The van der Waals surface area contributed by atoms with Crippen LogP contribution < -0.4 is 5.32 Å². The van der Waals surface area contributed by atoms with Gasteiger partial charge in [-0.3, -0.25) is 14.4 Å². The highest BCUT2D eigenvalue weighted by atomic mass is 35.5. The van der Waals surface area contributed by atoms with E-state index < -0.39 is 11.9 Å². The first-order valence-electron chi connectivity index (χ1n) is 8.05. The maximum Gasteiger partial charge on any atom is 0.309 e. The van der Waals surface area contributed by atoms with E-state index >= 15 is 0 Å². The van der Waals surface area contributed by atoms with Gasteiger partial charge in [-0.05, 0) is 31.0 Å². The Hall–Kier alpha value is -2.16. The van der Waals surface area contributed by atoms with Gasteiger partial charge < -0.3 is 15.3 Å². The van der Waals surface area contributed by atoms with Gasteiger partial charge in [-0.2, -0.15) is 0 Å². The summed E-state index contributed by atoms with van der Waals surface area (Å²) in [5.74, 6) is -1.69. The van der Waals surface area contributed by atoms with Crippen LogP contribution >= 0.6 is 34.5 Å². The largest absolute Gasteiger partial charge is 0.481 e. The molecule has 7 nitrogen and oxygen atoms in total. The standard InChI is InChI=1S/C17H15Cl2N3O4S/c18-12-4-1-9(5-13(12)19)16(26)22(11-2-3-11)7-14(23)21-17-20-10(8-27-17)6-15(24)25/h1,4-5,8,11H,2-3,6-7H2,(H,24,25)(H,20,21,23). The minimum absolute atomic E-state index is 0.0107. The molecule has 1 aliphatic carbocycles. The number of carboxylic acid groups (broad SMARTS) is 1. The molecule has 0 bridgehead atoms. The van der Waals surface area contributed by atoms with Crippen LogP contribution in [0.4, 0.5) is 5.13 Å². The third-order valence-corrected chi connectivity index (χ3v) is 5.41. The van der Waals surface area contributed by atoms with E-state index in [1.165, 1.54) is 11.0 Å². The molecular formula is C17H15Cl2N3O4S. The van der Waals surface area contributed by atoms with Crippen LogP contribution in [0.25, 0.3) is 0 Å². The SMILES string of the molecule is O=C(O)Cc1csc(NC(=O)CN(C(=O)c2ccc(Cl)c(Cl)c2)C2CC2)n1. The van der Waals surface area contributed by atoms with E-state index in [-0.39, 0.29) is 29.9 Å². The number of amides is 2. The van der Waals surface area contributed by atoms with Gasteiger partial charge in [0.25, 0.3) is 5.91 Å². The number of hydrogen-bond donors (Lipinski definition) is 2. The Balaban J connectivity index is 1.66. The molecule has 0 aliphatic heterocycles. The molecular weight excluding hydrogens is 413 g/mol. The van der Waals surface area contributed by atoms with Crippen molar-refractivity contribution in [3.8, 4) is 0 Å². The molecule has 1 saturated carbocycles. The molecule has 0 spiro atoms. The van der Waals surface area contributed by atoms with Gasteiger partial charge >= 0.3 is 5.97 Å². The van der Waals surface area contributed by atoms with Crippen LogP contribution in [0.5, 0.6) is 0 Å². The molecule has 1 fully saturated rings. The second kappa shape index (κ2) is 8.24. The van der Waals surface area contributed by atoms with Crippen LogP contribution in [-0.2, 0) is 16.0 Å². The van der Waals surface area contributed by atoms with Gasteiger partial charge in [0, 0.05) is 17.0 Å². The van der Waals surface area contributed by atoms with Crippen LogP contribution in [0.1, 0.15) is 28.9 Å². The summed E-state index contributed by atoms with van der Waals surface area (Å²) in [6.07, 6.45) is 1.46. The quantitative estimate of drug-likeness (QED) is 0.705. The third-order valence-electron chi connectivity index (χ3n) is 3.86. The summed E-state index contributed by atoms with van der Waals surface area (Å²) >= 11 is 13.0. The van der Waals surface area contributed by atoms with Crippen molar-refractivity contribution in [2.45, 2.75) is 25.3 Å². The fourth-order valence-corrected chi connectivity index (χ4v) is 3.49. The zero-order valence-corrected chi connectivity index (χ0v) is 16.3. The Bertz CT molecular complexity index is 898. The normalized spacial score (nSPS) is 13.3. The number of carbonyl (C=O) groups is 3. The Labute approximate surface area is 168 Å². The number of rotatable bonds is 7. The smallest absolute Gasteiger partial charge is 0.309 e. The van der Waals surface area contributed by atoms with Crippen LogP contribution in [-0.4, -0.2) is 45.4 Å². The van der Waals surface area contributed by atoms with Crippen molar-refractivity contribution in [1.82, 2.24) is 9.88 Å². The van der Waals surface area contributed by atoms with E-state index in [1.807, 2.05) is 0 Å². The predicted molar refractivity (Wildman–Crippen MR) is 103 cm³/mol. The zero-order valence-electron chi connectivity index (χ0n) is 13.9. The molecule has 1 aliphatic rings. The first-order chi connectivity index (χ1) is 12.8. The molecule has 1 aromatic heterocycles. The number of carboxylic acids is 1. The first kappa shape index (κ1) is 19.6. The summed E-state index contributed by atoms with van der Waals surface area (Å²) in [5, 5.41) is 13.9. The number of nitrogens with one attached hydrogen (secondary N) is 1. The molecule has 0 saturated heterocycles. The summed E-state index contributed by atoms with van der Waals surface area (Å²) in [7, 11) is 0. The van der Waals surface area contributed by atoms with Crippen molar-refractivity contribution >= 4 is 57.5 Å². The second-order valence-electron chi connectivity index (χ2n) is 6.06. The Kier molecular flexibility index (Phi) is 5.98. The highest BCUT2D eigenvalue weighted by Crippen LogP contribution is 2.30. The topological polar surface area (TPSA) is 99.6 Å².